The average molecular weight is 614 g/mol. The Hall–Kier alpha value is -3.63. The molecule has 0 bridgehead atoms. The number of β-amino-alcohol motifs (C(OH)–C–C–N with tert-alkyl or cyclic N) is 1. The van der Waals surface area contributed by atoms with Gasteiger partial charge in [-0.25, -0.2) is 0 Å². The smallest absolute Gasteiger partial charge is 0.239 e. The molecule has 9 nitrogen and oxygen atoms in total. The number of pyridine rings is 1. The Morgan fingerprint density at radius 3 is 2.47 bits per heavy atom. The van der Waals surface area contributed by atoms with Crippen LogP contribution in [-0.4, -0.2) is 86.8 Å². The van der Waals surface area contributed by atoms with Gasteiger partial charge in [-0.3, -0.25) is 24.4 Å². The number of hydrogen-bond acceptors (Lipinski definition) is 7. The van der Waals surface area contributed by atoms with E-state index in [9.17, 15) is 19.8 Å². The van der Waals surface area contributed by atoms with Crippen molar-refractivity contribution in [2.24, 2.45) is 5.92 Å². The molecule has 0 saturated carbocycles. The highest BCUT2D eigenvalue weighted by molar-refractivity contribution is 5.83. The number of fused-ring (bicyclic) bond motifs is 1. The molecule has 1 aromatic heterocycles. The topological polar surface area (TPSA) is 118 Å². The maximum atomic E-state index is 13.8. The Morgan fingerprint density at radius 2 is 1.73 bits per heavy atom. The fourth-order valence-electron chi connectivity index (χ4n) is 6.56. The maximum Gasteiger partial charge on any atom is 0.239 e. The van der Waals surface area contributed by atoms with Crippen molar-refractivity contribution < 1.29 is 19.8 Å². The predicted molar refractivity (Wildman–Crippen MR) is 174 cm³/mol. The van der Waals surface area contributed by atoms with Gasteiger partial charge in [0, 0.05) is 63.0 Å². The SMILES string of the molecule is CC(C)(C)NC(=O)C1CN(Cc2cccnc2)CCN1CC(O)C[C@@H](Cc1ccccc1)C(=O)NC1c2ccccc2CC1O. The van der Waals surface area contributed by atoms with Crippen LogP contribution in [0.15, 0.2) is 79.1 Å². The van der Waals surface area contributed by atoms with E-state index < -0.39 is 35.7 Å². The van der Waals surface area contributed by atoms with Crippen LogP contribution in [0, 0.1) is 5.92 Å². The Kier molecular flexibility index (Phi) is 10.7. The molecule has 1 aliphatic heterocycles. The first-order chi connectivity index (χ1) is 21.6. The third-order valence-corrected chi connectivity index (χ3v) is 8.70. The predicted octanol–water partition coefficient (Wildman–Crippen LogP) is 2.87. The summed E-state index contributed by atoms with van der Waals surface area (Å²) in [6.45, 7) is 8.74. The van der Waals surface area contributed by atoms with Gasteiger partial charge < -0.3 is 20.8 Å². The fourth-order valence-corrected chi connectivity index (χ4v) is 6.56. The number of amides is 2. The summed E-state index contributed by atoms with van der Waals surface area (Å²) in [4.78, 5) is 35.9. The molecule has 2 aromatic carbocycles. The van der Waals surface area contributed by atoms with E-state index in [1.54, 1.807) is 6.20 Å². The molecule has 5 atom stereocenters. The summed E-state index contributed by atoms with van der Waals surface area (Å²) in [6.07, 6.45) is 3.26. The Bertz CT molecular complexity index is 1410. The van der Waals surface area contributed by atoms with E-state index >= 15 is 0 Å². The first-order valence-corrected chi connectivity index (χ1v) is 16.0. The van der Waals surface area contributed by atoms with Crippen molar-refractivity contribution in [1.82, 2.24) is 25.4 Å². The Balaban J connectivity index is 1.29. The molecule has 1 aliphatic carbocycles. The number of carbonyl (C=O) groups excluding carboxylic acids is 2. The second-order valence-corrected chi connectivity index (χ2v) is 13.6. The van der Waals surface area contributed by atoms with Crippen molar-refractivity contribution in [3.05, 3.63) is 101 Å². The summed E-state index contributed by atoms with van der Waals surface area (Å²) in [5, 5.41) is 28.5. The van der Waals surface area contributed by atoms with Gasteiger partial charge in [0.1, 0.15) is 6.04 Å². The van der Waals surface area contributed by atoms with Crippen LogP contribution in [0.4, 0.5) is 0 Å². The Morgan fingerprint density at radius 1 is 1.00 bits per heavy atom. The molecule has 1 fully saturated rings. The zero-order chi connectivity index (χ0) is 32.0. The van der Waals surface area contributed by atoms with Crippen LogP contribution in [0.25, 0.3) is 0 Å². The summed E-state index contributed by atoms with van der Waals surface area (Å²) in [5.41, 5.74) is 3.68. The maximum absolute atomic E-state index is 13.8. The van der Waals surface area contributed by atoms with Crippen molar-refractivity contribution in [1.29, 1.82) is 0 Å². The van der Waals surface area contributed by atoms with Crippen molar-refractivity contribution in [3.8, 4) is 0 Å². The van der Waals surface area contributed by atoms with Crippen LogP contribution in [-0.2, 0) is 29.0 Å². The molecule has 2 aliphatic rings. The summed E-state index contributed by atoms with van der Waals surface area (Å²) in [5.74, 6) is -0.781. The molecule has 1 saturated heterocycles. The number of aliphatic hydroxyl groups excluding tert-OH is 2. The van der Waals surface area contributed by atoms with Gasteiger partial charge in [0.2, 0.25) is 11.8 Å². The van der Waals surface area contributed by atoms with Crippen LogP contribution in [0.1, 0.15) is 55.5 Å². The standard InChI is InChI=1S/C36H47N5O4/c1-36(2,3)39-35(45)31-24-40(22-26-12-9-15-37-21-26)16-17-41(31)23-29(42)19-28(18-25-10-5-4-6-11-25)34(44)38-33-30-14-8-7-13-27(30)20-32(33)43/h4-15,21,28-29,31-33,42-43H,16-20,22-24H2,1-3H3,(H,38,44)(H,39,45)/t28-,29?,31?,32?,33?/m1/s1. The largest absolute Gasteiger partial charge is 0.392 e. The number of piperazine rings is 1. The van der Waals surface area contributed by atoms with E-state index in [0.29, 0.717) is 32.5 Å². The molecular weight excluding hydrogens is 566 g/mol. The molecule has 45 heavy (non-hydrogen) atoms. The number of aliphatic hydroxyl groups is 2. The fraction of sp³-hybridized carbons (Fsp3) is 0.472. The van der Waals surface area contributed by atoms with E-state index in [1.165, 1.54) is 0 Å². The van der Waals surface area contributed by atoms with E-state index in [-0.39, 0.29) is 24.8 Å². The quantitative estimate of drug-likeness (QED) is 0.263. The van der Waals surface area contributed by atoms with Gasteiger partial charge in [0.05, 0.1) is 18.2 Å². The molecule has 4 unspecified atom stereocenters. The first kappa shape index (κ1) is 32.8. The van der Waals surface area contributed by atoms with Crippen LogP contribution < -0.4 is 10.6 Å². The molecule has 240 valence electrons. The summed E-state index contributed by atoms with van der Waals surface area (Å²) < 4.78 is 0. The summed E-state index contributed by atoms with van der Waals surface area (Å²) >= 11 is 0. The third kappa shape index (κ3) is 8.98. The van der Waals surface area contributed by atoms with Crippen molar-refractivity contribution in [3.63, 3.8) is 0 Å². The summed E-state index contributed by atoms with van der Waals surface area (Å²) in [7, 11) is 0. The highest BCUT2D eigenvalue weighted by Gasteiger charge is 2.37. The molecular formula is C36H47N5O4. The van der Waals surface area contributed by atoms with Gasteiger partial charge in [0.25, 0.3) is 0 Å². The number of aromatic nitrogens is 1. The number of rotatable bonds is 11. The van der Waals surface area contributed by atoms with Gasteiger partial charge in [-0.05, 0) is 61.9 Å². The average Bonchev–Trinajstić information content (AvgIpc) is 3.32. The van der Waals surface area contributed by atoms with Gasteiger partial charge >= 0.3 is 0 Å². The van der Waals surface area contributed by atoms with Crippen LogP contribution >= 0.6 is 0 Å². The number of nitrogens with zero attached hydrogens (tertiary/aromatic N) is 3. The van der Waals surface area contributed by atoms with E-state index in [2.05, 4.69) is 25.4 Å². The van der Waals surface area contributed by atoms with Crippen LogP contribution in [0.3, 0.4) is 0 Å². The lowest BCUT2D eigenvalue weighted by atomic mass is 9.91. The number of benzene rings is 2. The van der Waals surface area contributed by atoms with Gasteiger partial charge in [0.15, 0.2) is 0 Å². The zero-order valence-corrected chi connectivity index (χ0v) is 26.6. The number of nitrogens with one attached hydrogen (secondary N) is 2. The minimum absolute atomic E-state index is 0.0712. The van der Waals surface area contributed by atoms with E-state index in [0.717, 1.165) is 28.8 Å². The molecule has 3 aromatic rings. The third-order valence-electron chi connectivity index (χ3n) is 8.70. The van der Waals surface area contributed by atoms with Crippen LogP contribution in [0.2, 0.25) is 0 Å². The van der Waals surface area contributed by atoms with Gasteiger partial charge in [-0.1, -0.05) is 60.7 Å². The molecule has 2 heterocycles. The molecule has 9 heteroatoms. The number of carbonyl (C=O) groups is 2. The molecule has 0 spiro atoms. The highest BCUT2D eigenvalue weighted by atomic mass is 16.3. The lowest BCUT2D eigenvalue weighted by Gasteiger charge is -2.42. The van der Waals surface area contributed by atoms with Gasteiger partial charge in [-0.15, -0.1) is 0 Å². The zero-order valence-electron chi connectivity index (χ0n) is 26.6. The second kappa shape index (κ2) is 14.6. The van der Waals surface area contributed by atoms with E-state index in [4.69, 9.17) is 0 Å². The molecule has 0 radical (unpaired) electrons. The monoisotopic (exact) mass is 613 g/mol. The van der Waals surface area contributed by atoms with E-state index in [1.807, 2.05) is 93.7 Å². The number of hydrogen-bond donors (Lipinski definition) is 4. The molecule has 2 amide bonds. The Labute approximate surface area is 266 Å². The summed E-state index contributed by atoms with van der Waals surface area (Å²) in [6, 6.07) is 20.6. The molecule has 5 rings (SSSR count). The lowest BCUT2D eigenvalue weighted by molar-refractivity contribution is -0.132. The second-order valence-electron chi connectivity index (χ2n) is 13.6. The van der Waals surface area contributed by atoms with Crippen molar-refractivity contribution in [2.45, 2.75) is 76.4 Å². The van der Waals surface area contributed by atoms with Crippen LogP contribution in [0.5, 0.6) is 0 Å². The van der Waals surface area contributed by atoms with Crippen molar-refractivity contribution in [2.75, 3.05) is 26.2 Å². The molecule has 4 N–H and O–H groups in total. The minimum Gasteiger partial charge on any atom is -0.392 e. The highest BCUT2D eigenvalue weighted by Crippen LogP contribution is 2.32. The normalized spacial score (nSPS) is 21.9. The van der Waals surface area contributed by atoms with Gasteiger partial charge in [-0.2, -0.15) is 0 Å². The lowest BCUT2D eigenvalue weighted by Crippen LogP contribution is -2.61. The minimum atomic E-state index is -0.833. The van der Waals surface area contributed by atoms with Crippen molar-refractivity contribution >= 4 is 11.8 Å². The first-order valence-electron chi connectivity index (χ1n) is 16.0.